The fraction of sp³-hybridized carbons (Fsp3) is 0.682. The number of carbonyl (C=O) groups excluding carboxylic acids is 1. The van der Waals surface area contributed by atoms with Gasteiger partial charge in [-0.15, -0.1) is 24.8 Å². The molecule has 1 aromatic carbocycles. The van der Waals surface area contributed by atoms with Gasteiger partial charge in [0, 0.05) is 37.2 Å². The maximum atomic E-state index is 12.8. The van der Waals surface area contributed by atoms with Crippen LogP contribution in [0.2, 0.25) is 0 Å². The van der Waals surface area contributed by atoms with Gasteiger partial charge >= 0.3 is 0 Å². The number of ether oxygens (including phenoxy) is 1. The van der Waals surface area contributed by atoms with Crippen LogP contribution in [0.15, 0.2) is 24.3 Å². The van der Waals surface area contributed by atoms with Gasteiger partial charge in [-0.2, -0.15) is 0 Å². The van der Waals surface area contributed by atoms with Gasteiger partial charge in [-0.25, -0.2) is 0 Å². The van der Waals surface area contributed by atoms with Crippen LogP contribution >= 0.6 is 24.8 Å². The summed E-state index contributed by atoms with van der Waals surface area (Å²) in [7, 11) is 0. The summed E-state index contributed by atoms with van der Waals surface area (Å²) in [5.41, 5.74) is 7.27. The van der Waals surface area contributed by atoms with E-state index in [1.54, 1.807) is 0 Å². The summed E-state index contributed by atoms with van der Waals surface area (Å²) in [6.07, 6.45) is 3.22. The third-order valence-electron chi connectivity index (χ3n) is 6.59. The van der Waals surface area contributed by atoms with Crippen molar-refractivity contribution in [2.24, 2.45) is 17.1 Å². The highest BCUT2D eigenvalue weighted by molar-refractivity contribution is 5.99. The molecule has 29 heavy (non-hydrogen) atoms. The Morgan fingerprint density at radius 1 is 1.28 bits per heavy atom. The van der Waals surface area contributed by atoms with Gasteiger partial charge in [-0.3, -0.25) is 9.69 Å². The maximum absolute atomic E-state index is 12.8. The van der Waals surface area contributed by atoms with Crippen molar-refractivity contribution in [1.29, 1.82) is 0 Å². The number of nitrogens with two attached hydrogens (primary N) is 1. The van der Waals surface area contributed by atoms with Gasteiger partial charge in [0.1, 0.15) is 5.54 Å². The van der Waals surface area contributed by atoms with Gasteiger partial charge in [0.25, 0.3) is 0 Å². The van der Waals surface area contributed by atoms with Crippen LogP contribution in [0.1, 0.15) is 52.5 Å². The second kappa shape index (κ2) is 10.5. The van der Waals surface area contributed by atoms with Gasteiger partial charge < -0.3 is 15.8 Å². The third-order valence-corrected chi connectivity index (χ3v) is 6.59. The zero-order chi connectivity index (χ0) is 19.7. The van der Waals surface area contributed by atoms with Crippen LogP contribution in [0.3, 0.4) is 0 Å². The van der Waals surface area contributed by atoms with E-state index in [0.29, 0.717) is 13.0 Å². The Bertz CT molecular complexity index is 669. The van der Waals surface area contributed by atoms with E-state index in [0.717, 1.165) is 18.2 Å². The standard InChI is InChI=1S/C22H35N3O2.2ClH/c1-5-27-19-13-22(23,21(19,3)4)20(26)24-18-10-8-17(9-11-18)15-25-12-6-7-16(2)14-25;;/h8-11,16,19H,5-7,12-15,23H2,1-4H3,(H,24,26);2*1H. The molecule has 0 radical (unpaired) electrons. The molecule has 7 heteroatoms. The number of piperidine rings is 1. The molecule has 2 aliphatic rings. The summed E-state index contributed by atoms with van der Waals surface area (Å²) in [4.78, 5) is 15.3. The van der Waals surface area contributed by atoms with E-state index in [2.05, 4.69) is 29.3 Å². The molecule has 0 bridgehead atoms. The Morgan fingerprint density at radius 3 is 2.48 bits per heavy atom. The largest absolute Gasteiger partial charge is 0.378 e. The number of carbonyl (C=O) groups is 1. The fourth-order valence-electron chi connectivity index (χ4n) is 4.45. The molecule has 2 fully saturated rings. The van der Waals surface area contributed by atoms with Gasteiger partial charge in [0.15, 0.2) is 0 Å². The predicted octanol–water partition coefficient (Wildman–Crippen LogP) is 4.23. The van der Waals surface area contributed by atoms with Crippen molar-refractivity contribution in [1.82, 2.24) is 4.90 Å². The van der Waals surface area contributed by atoms with E-state index in [1.165, 1.54) is 31.5 Å². The molecule has 3 unspecified atom stereocenters. The van der Waals surface area contributed by atoms with Gasteiger partial charge in [0.2, 0.25) is 5.91 Å². The van der Waals surface area contributed by atoms with E-state index in [1.807, 2.05) is 32.9 Å². The first-order chi connectivity index (χ1) is 12.8. The Labute approximate surface area is 187 Å². The summed E-state index contributed by atoms with van der Waals surface area (Å²) in [6, 6.07) is 8.17. The number of nitrogens with one attached hydrogen (secondary N) is 1. The molecule has 1 saturated heterocycles. The van der Waals surface area contributed by atoms with Crippen LogP contribution in [0.4, 0.5) is 5.69 Å². The zero-order valence-corrected chi connectivity index (χ0v) is 19.7. The van der Waals surface area contributed by atoms with Gasteiger partial charge in [-0.1, -0.05) is 32.9 Å². The summed E-state index contributed by atoms with van der Waals surface area (Å²) in [6.45, 7) is 12.3. The molecule has 1 aromatic rings. The Morgan fingerprint density at radius 2 is 1.93 bits per heavy atom. The topological polar surface area (TPSA) is 67.6 Å². The molecule has 3 N–H and O–H groups in total. The lowest BCUT2D eigenvalue weighted by Gasteiger charge is -2.57. The van der Waals surface area contributed by atoms with E-state index >= 15 is 0 Å². The number of likely N-dealkylation sites (tertiary alicyclic amines) is 1. The van der Waals surface area contributed by atoms with Crippen LogP contribution in [-0.2, 0) is 16.1 Å². The SMILES string of the molecule is CCOC1CC(N)(C(=O)Nc2ccc(CN3CCCC(C)C3)cc2)C1(C)C.Cl.Cl. The lowest BCUT2D eigenvalue weighted by molar-refractivity contribution is -0.166. The van der Waals surface area contributed by atoms with E-state index < -0.39 is 5.54 Å². The first-order valence-electron chi connectivity index (χ1n) is 10.3. The van der Waals surface area contributed by atoms with Crippen LogP contribution in [0.25, 0.3) is 0 Å². The van der Waals surface area contributed by atoms with E-state index in [-0.39, 0.29) is 42.2 Å². The van der Waals surface area contributed by atoms with Crippen LogP contribution in [0, 0.1) is 11.3 Å². The monoisotopic (exact) mass is 445 g/mol. The summed E-state index contributed by atoms with van der Waals surface area (Å²) >= 11 is 0. The molecule has 0 spiro atoms. The second-order valence-corrected chi connectivity index (χ2v) is 8.97. The molecular weight excluding hydrogens is 409 g/mol. The van der Waals surface area contributed by atoms with E-state index in [9.17, 15) is 4.79 Å². The normalized spacial score (nSPS) is 28.4. The molecular formula is C22H37Cl2N3O2. The van der Waals surface area contributed by atoms with Crippen molar-refractivity contribution >= 4 is 36.4 Å². The quantitative estimate of drug-likeness (QED) is 0.686. The molecule has 5 nitrogen and oxygen atoms in total. The average molecular weight is 446 g/mol. The minimum absolute atomic E-state index is 0. The molecule has 166 valence electrons. The van der Waals surface area contributed by atoms with Crippen molar-refractivity contribution in [3.8, 4) is 0 Å². The molecule has 1 saturated carbocycles. The number of hydrogen-bond acceptors (Lipinski definition) is 4. The van der Waals surface area contributed by atoms with Crippen molar-refractivity contribution in [2.75, 3.05) is 25.0 Å². The molecule has 0 aromatic heterocycles. The first-order valence-corrected chi connectivity index (χ1v) is 10.3. The maximum Gasteiger partial charge on any atom is 0.245 e. The van der Waals surface area contributed by atoms with Crippen LogP contribution in [0.5, 0.6) is 0 Å². The lowest BCUT2D eigenvalue weighted by atomic mass is 9.54. The molecule has 1 aliphatic heterocycles. The highest BCUT2D eigenvalue weighted by Crippen LogP contribution is 2.50. The highest BCUT2D eigenvalue weighted by atomic mass is 35.5. The Balaban J connectivity index is 0.00000210. The lowest BCUT2D eigenvalue weighted by Crippen LogP contribution is -2.74. The highest BCUT2D eigenvalue weighted by Gasteiger charge is 2.62. The van der Waals surface area contributed by atoms with Crippen molar-refractivity contribution in [3.63, 3.8) is 0 Å². The number of benzene rings is 1. The van der Waals surface area contributed by atoms with Crippen molar-refractivity contribution in [3.05, 3.63) is 29.8 Å². The van der Waals surface area contributed by atoms with Crippen molar-refractivity contribution < 1.29 is 9.53 Å². The Hall–Kier alpha value is -0.850. The molecule has 3 rings (SSSR count). The second-order valence-electron chi connectivity index (χ2n) is 8.97. The number of anilines is 1. The third kappa shape index (κ3) is 5.45. The van der Waals surface area contributed by atoms with Crippen LogP contribution < -0.4 is 11.1 Å². The van der Waals surface area contributed by atoms with Gasteiger partial charge in [-0.05, 0) is 49.9 Å². The number of rotatable bonds is 6. The minimum Gasteiger partial charge on any atom is -0.378 e. The smallest absolute Gasteiger partial charge is 0.245 e. The molecule has 1 amide bonds. The van der Waals surface area contributed by atoms with Crippen LogP contribution in [-0.4, -0.2) is 42.1 Å². The predicted molar refractivity (Wildman–Crippen MR) is 124 cm³/mol. The molecule has 3 atom stereocenters. The first kappa shape index (κ1) is 26.2. The zero-order valence-electron chi connectivity index (χ0n) is 18.1. The van der Waals surface area contributed by atoms with Crippen molar-refractivity contribution in [2.45, 2.75) is 65.1 Å². The fourth-order valence-corrected chi connectivity index (χ4v) is 4.45. The number of amides is 1. The average Bonchev–Trinajstić information content (AvgIpc) is 2.63. The molecule has 1 heterocycles. The number of nitrogens with zero attached hydrogens (tertiary/aromatic N) is 1. The summed E-state index contributed by atoms with van der Waals surface area (Å²) in [5.74, 6) is 0.658. The van der Waals surface area contributed by atoms with Gasteiger partial charge in [0.05, 0.1) is 6.10 Å². The minimum atomic E-state index is -0.893. The Kier molecular flexibility index (Phi) is 9.44. The summed E-state index contributed by atoms with van der Waals surface area (Å²) in [5, 5.41) is 3.01. The molecule has 1 aliphatic carbocycles. The summed E-state index contributed by atoms with van der Waals surface area (Å²) < 4.78 is 5.72. The van der Waals surface area contributed by atoms with E-state index in [4.69, 9.17) is 10.5 Å². The number of hydrogen-bond donors (Lipinski definition) is 2. The number of halogens is 2.